The molecule has 0 bridgehead atoms. The van der Waals surface area contributed by atoms with E-state index >= 15 is 0 Å². The van der Waals surface area contributed by atoms with Gasteiger partial charge < -0.3 is 9.72 Å². The lowest BCUT2D eigenvalue weighted by Crippen LogP contribution is -2.28. The highest BCUT2D eigenvalue weighted by Crippen LogP contribution is 2.18. The van der Waals surface area contributed by atoms with Crippen molar-refractivity contribution in [3.8, 4) is 0 Å². The fraction of sp³-hybridized carbons (Fsp3) is 0.222. The Balaban J connectivity index is 1.90. The van der Waals surface area contributed by atoms with Crippen molar-refractivity contribution in [2.24, 2.45) is 0 Å². The van der Waals surface area contributed by atoms with E-state index < -0.39 is 0 Å². The second-order valence-corrected chi connectivity index (χ2v) is 5.35. The number of hydrogen-bond acceptors (Lipinski definition) is 2. The summed E-state index contributed by atoms with van der Waals surface area (Å²) in [5.74, 6) is -0.0908. The van der Waals surface area contributed by atoms with E-state index in [-0.39, 0.29) is 11.9 Å². The van der Waals surface area contributed by atoms with Gasteiger partial charge in [-0.1, -0.05) is 37.3 Å². The van der Waals surface area contributed by atoms with E-state index in [4.69, 9.17) is 0 Å². The molecule has 3 rings (SSSR count). The number of hydrogen-bond donors (Lipinski definition) is 1. The minimum absolute atomic E-state index is 0.00464. The van der Waals surface area contributed by atoms with Crippen molar-refractivity contribution in [2.45, 2.75) is 26.3 Å². The third-order valence-electron chi connectivity index (χ3n) is 3.91. The van der Waals surface area contributed by atoms with Crippen LogP contribution in [-0.4, -0.2) is 15.3 Å². The van der Waals surface area contributed by atoms with E-state index in [0.717, 1.165) is 17.7 Å². The van der Waals surface area contributed by atoms with Crippen LogP contribution in [0.2, 0.25) is 0 Å². The van der Waals surface area contributed by atoms with Gasteiger partial charge in [0.2, 0.25) is 0 Å². The summed E-state index contributed by atoms with van der Waals surface area (Å²) < 4.78 is 1.93. The summed E-state index contributed by atoms with van der Waals surface area (Å²) in [4.78, 5) is 17.0. The molecule has 3 aromatic rings. The lowest BCUT2D eigenvalue weighted by atomic mass is 10.0. The molecule has 1 atom stereocenters. The average Bonchev–Trinajstić information content (AvgIpc) is 3.04. The van der Waals surface area contributed by atoms with E-state index in [1.54, 1.807) is 6.20 Å². The molecule has 22 heavy (non-hydrogen) atoms. The van der Waals surface area contributed by atoms with Crippen molar-refractivity contribution >= 4 is 11.6 Å². The van der Waals surface area contributed by atoms with Crippen LogP contribution in [0.4, 0.5) is 0 Å². The number of imidazole rings is 1. The van der Waals surface area contributed by atoms with Crippen molar-refractivity contribution in [3.05, 3.63) is 71.7 Å². The average molecular weight is 293 g/mol. The quantitative estimate of drug-likeness (QED) is 0.800. The summed E-state index contributed by atoms with van der Waals surface area (Å²) in [5.41, 5.74) is 3.47. The van der Waals surface area contributed by atoms with Gasteiger partial charge in [-0.15, -0.1) is 0 Å². The monoisotopic (exact) mass is 293 g/mol. The Bertz CT molecular complexity index is 792. The number of aromatic nitrogens is 2. The molecule has 0 saturated heterocycles. The number of pyridine rings is 1. The fourth-order valence-electron chi connectivity index (χ4n) is 2.67. The van der Waals surface area contributed by atoms with Crippen LogP contribution in [0, 0.1) is 6.92 Å². The number of nitrogens with zero attached hydrogens (tertiary/aromatic N) is 2. The predicted octanol–water partition coefficient (Wildman–Crippen LogP) is 3.52. The van der Waals surface area contributed by atoms with E-state index in [1.807, 2.05) is 60.0 Å². The Morgan fingerprint density at radius 1 is 1.23 bits per heavy atom. The first-order valence-electron chi connectivity index (χ1n) is 7.49. The molecule has 0 aliphatic carbocycles. The van der Waals surface area contributed by atoms with Crippen LogP contribution in [0.1, 0.15) is 41.0 Å². The van der Waals surface area contributed by atoms with Crippen molar-refractivity contribution in [1.29, 1.82) is 0 Å². The Labute approximate surface area is 129 Å². The molecule has 0 saturated carbocycles. The first kappa shape index (κ1) is 14.3. The molecular weight excluding hydrogens is 274 g/mol. The topological polar surface area (TPSA) is 46.4 Å². The van der Waals surface area contributed by atoms with E-state index in [9.17, 15) is 4.79 Å². The molecule has 0 aliphatic heterocycles. The van der Waals surface area contributed by atoms with E-state index in [1.165, 1.54) is 0 Å². The smallest absolute Gasteiger partial charge is 0.255 e. The molecule has 112 valence electrons. The molecule has 1 aromatic carbocycles. The highest BCUT2D eigenvalue weighted by Gasteiger charge is 2.17. The molecule has 4 heteroatoms. The first-order chi connectivity index (χ1) is 10.7. The highest BCUT2D eigenvalue weighted by atomic mass is 16.1. The van der Waals surface area contributed by atoms with Gasteiger partial charge in [0.15, 0.2) is 0 Å². The zero-order valence-corrected chi connectivity index (χ0v) is 12.8. The standard InChI is InChI=1S/C18H19N3O/c1-3-16(14-7-5-4-6-8-14)20-18(22)15-10-9-13(2)21-12-11-19-17(15)21/h4-12,16H,3H2,1-2H3,(H,20,22). The number of aryl methyl sites for hydroxylation is 1. The van der Waals surface area contributed by atoms with Crippen molar-refractivity contribution in [2.75, 3.05) is 0 Å². The summed E-state index contributed by atoms with van der Waals surface area (Å²) in [5, 5.41) is 3.11. The molecule has 1 amide bonds. The summed E-state index contributed by atoms with van der Waals surface area (Å²) in [6.45, 7) is 4.06. The first-order valence-corrected chi connectivity index (χ1v) is 7.49. The largest absolute Gasteiger partial charge is 0.345 e. The molecule has 0 spiro atoms. The number of amides is 1. The summed E-state index contributed by atoms with van der Waals surface area (Å²) >= 11 is 0. The van der Waals surface area contributed by atoms with Crippen molar-refractivity contribution in [3.63, 3.8) is 0 Å². The van der Waals surface area contributed by atoms with Gasteiger partial charge in [-0.2, -0.15) is 0 Å². The van der Waals surface area contributed by atoms with Gasteiger partial charge in [-0.25, -0.2) is 4.98 Å². The summed E-state index contributed by atoms with van der Waals surface area (Å²) in [6.07, 6.45) is 4.43. The number of carbonyl (C=O) groups is 1. The van der Waals surface area contributed by atoms with Gasteiger partial charge in [-0.05, 0) is 31.0 Å². The summed E-state index contributed by atoms with van der Waals surface area (Å²) in [6, 6.07) is 13.8. The van der Waals surface area contributed by atoms with Gasteiger partial charge in [0.1, 0.15) is 5.65 Å². The van der Waals surface area contributed by atoms with Crippen LogP contribution >= 0.6 is 0 Å². The third kappa shape index (κ3) is 2.60. The SMILES string of the molecule is CCC(NC(=O)c1ccc(C)n2ccnc12)c1ccccc1. The van der Waals surface area contributed by atoms with Crippen LogP contribution in [-0.2, 0) is 0 Å². The predicted molar refractivity (Wildman–Crippen MR) is 86.9 cm³/mol. The Morgan fingerprint density at radius 2 is 2.00 bits per heavy atom. The third-order valence-corrected chi connectivity index (χ3v) is 3.91. The number of carbonyl (C=O) groups excluding carboxylic acids is 1. The van der Waals surface area contributed by atoms with Crippen LogP contribution in [0.25, 0.3) is 5.65 Å². The number of fused-ring (bicyclic) bond motifs is 1. The number of nitrogens with one attached hydrogen (secondary N) is 1. The molecule has 1 unspecified atom stereocenters. The minimum Gasteiger partial charge on any atom is -0.345 e. The van der Waals surface area contributed by atoms with E-state index in [0.29, 0.717) is 11.2 Å². The maximum Gasteiger partial charge on any atom is 0.255 e. The van der Waals surface area contributed by atoms with Gasteiger partial charge in [0, 0.05) is 18.1 Å². The van der Waals surface area contributed by atoms with Crippen molar-refractivity contribution in [1.82, 2.24) is 14.7 Å². The molecule has 2 heterocycles. The fourth-order valence-corrected chi connectivity index (χ4v) is 2.67. The normalized spacial score (nSPS) is 12.3. The van der Waals surface area contributed by atoms with E-state index in [2.05, 4.69) is 17.2 Å². The Kier molecular flexibility index (Phi) is 3.92. The van der Waals surface area contributed by atoms with Gasteiger partial charge in [-0.3, -0.25) is 4.79 Å². The zero-order chi connectivity index (χ0) is 15.5. The maximum atomic E-state index is 12.6. The Morgan fingerprint density at radius 3 is 2.73 bits per heavy atom. The summed E-state index contributed by atoms with van der Waals surface area (Å²) in [7, 11) is 0. The molecule has 1 N–H and O–H groups in total. The van der Waals surface area contributed by atoms with Crippen molar-refractivity contribution < 1.29 is 4.79 Å². The maximum absolute atomic E-state index is 12.6. The molecule has 0 aliphatic rings. The number of rotatable bonds is 4. The van der Waals surface area contributed by atoms with Crippen LogP contribution < -0.4 is 5.32 Å². The molecule has 0 fully saturated rings. The lowest BCUT2D eigenvalue weighted by Gasteiger charge is -2.18. The van der Waals surface area contributed by atoms with Gasteiger partial charge in [0.05, 0.1) is 11.6 Å². The van der Waals surface area contributed by atoms with Gasteiger partial charge in [0.25, 0.3) is 5.91 Å². The Hall–Kier alpha value is -2.62. The molecule has 2 aromatic heterocycles. The zero-order valence-electron chi connectivity index (χ0n) is 12.8. The van der Waals surface area contributed by atoms with Crippen LogP contribution in [0.5, 0.6) is 0 Å². The number of benzene rings is 1. The lowest BCUT2D eigenvalue weighted by molar-refractivity contribution is 0.0936. The highest BCUT2D eigenvalue weighted by molar-refractivity contribution is 6.00. The van der Waals surface area contributed by atoms with Crippen LogP contribution in [0.3, 0.4) is 0 Å². The van der Waals surface area contributed by atoms with Gasteiger partial charge >= 0.3 is 0 Å². The second-order valence-electron chi connectivity index (χ2n) is 5.35. The molecular formula is C18H19N3O. The van der Waals surface area contributed by atoms with Crippen LogP contribution in [0.15, 0.2) is 54.9 Å². The minimum atomic E-state index is -0.0908. The molecule has 4 nitrogen and oxygen atoms in total. The second kappa shape index (κ2) is 6.02. The molecule has 0 radical (unpaired) electrons.